The Bertz CT molecular complexity index is 1070. The molecule has 0 unspecified atom stereocenters. The third-order valence-corrected chi connectivity index (χ3v) is 6.94. The molecule has 10 nitrogen and oxygen atoms in total. The number of nitrogens with one attached hydrogen (secondary N) is 2. The minimum Gasteiger partial charge on any atom is -0.484 e. The number of anilines is 2. The molecule has 0 bridgehead atoms. The highest BCUT2D eigenvalue weighted by Crippen LogP contribution is 2.39. The van der Waals surface area contributed by atoms with Gasteiger partial charge in [-0.05, 0) is 32.0 Å². The predicted molar refractivity (Wildman–Crippen MR) is 107 cm³/mol. The molecule has 1 aliphatic heterocycles. The van der Waals surface area contributed by atoms with Gasteiger partial charge in [-0.25, -0.2) is 9.78 Å². The van der Waals surface area contributed by atoms with E-state index in [1.54, 1.807) is 13.8 Å². The van der Waals surface area contributed by atoms with Crippen LogP contribution in [-0.2, 0) is 14.8 Å². The van der Waals surface area contributed by atoms with Gasteiger partial charge in [-0.15, -0.1) is 11.3 Å². The van der Waals surface area contributed by atoms with Gasteiger partial charge in [-0.1, -0.05) is 0 Å². The first-order chi connectivity index (χ1) is 13.6. The van der Waals surface area contributed by atoms with Gasteiger partial charge in [0.1, 0.15) is 11.9 Å². The molecule has 2 heterocycles. The highest BCUT2D eigenvalue weighted by atomic mass is 32.2. The van der Waals surface area contributed by atoms with Gasteiger partial charge in [0.25, 0.3) is 10.0 Å². The third kappa shape index (κ3) is 4.43. The fourth-order valence-corrected chi connectivity index (χ4v) is 5.76. The van der Waals surface area contributed by atoms with Crippen LogP contribution in [0.4, 0.5) is 16.2 Å². The van der Waals surface area contributed by atoms with Gasteiger partial charge in [-0.3, -0.25) is 14.4 Å². The van der Waals surface area contributed by atoms with Crippen molar-refractivity contribution in [1.82, 2.24) is 10.3 Å². The molecule has 0 radical (unpaired) electrons. The van der Waals surface area contributed by atoms with E-state index >= 15 is 0 Å². The van der Waals surface area contributed by atoms with Crippen molar-refractivity contribution in [3.05, 3.63) is 28.1 Å². The molecule has 0 saturated heterocycles. The first kappa shape index (κ1) is 20.9. The second-order valence-electron chi connectivity index (χ2n) is 6.42. The maximum Gasteiger partial charge on any atom is 0.409 e. The molecule has 2 aromatic rings. The monoisotopic (exact) mass is 440 g/mol. The number of aromatic nitrogens is 1. The van der Waals surface area contributed by atoms with Crippen molar-refractivity contribution in [2.45, 2.75) is 31.9 Å². The second-order valence-corrected chi connectivity index (χ2v) is 9.60. The first-order valence-electron chi connectivity index (χ1n) is 8.60. The largest absolute Gasteiger partial charge is 0.484 e. The number of fused-ring (bicyclic) bond motifs is 1. The summed E-state index contributed by atoms with van der Waals surface area (Å²) in [7, 11) is -4.04. The van der Waals surface area contributed by atoms with Crippen LogP contribution in [0.5, 0.6) is 5.75 Å². The average molecular weight is 441 g/mol. The zero-order valence-corrected chi connectivity index (χ0v) is 17.6. The lowest BCUT2D eigenvalue weighted by atomic mass is 10.2. The van der Waals surface area contributed by atoms with Crippen molar-refractivity contribution in [2.24, 2.45) is 0 Å². The fourth-order valence-electron chi connectivity index (χ4n) is 2.96. The number of carbonyl (C=O) groups excluding carboxylic acids is 1. The minimum atomic E-state index is -4.04. The summed E-state index contributed by atoms with van der Waals surface area (Å²) in [6.07, 6.45) is -1.90. The molecule has 3 rings (SSSR count). The van der Waals surface area contributed by atoms with E-state index in [1.807, 2.05) is 0 Å². The van der Waals surface area contributed by atoms with Crippen LogP contribution in [0.1, 0.15) is 16.8 Å². The predicted octanol–water partition coefficient (Wildman–Crippen LogP) is 1.94. The number of thiazole rings is 1. The van der Waals surface area contributed by atoms with Crippen molar-refractivity contribution in [3.8, 4) is 5.75 Å². The molecule has 0 saturated carbocycles. The van der Waals surface area contributed by atoms with Crippen molar-refractivity contribution >= 4 is 44.7 Å². The number of ether oxygens (including phenoxy) is 1. The molecule has 0 spiro atoms. The number of benzene rings is 1. The van der Waals surface area contributed by atoms with Crippen molar-refractivity contribution in [2.75, 3.05) is 22.7 Å². The number of nitrogens with zero attached hydrogens (tertiary/aromatic N) is 2. The van der Waals surface area contributed by atoms with Gasteiger partial charge >= 0.3 is 6.09 Å². The van der Waals surface area contributed by atoms with Gasteiger partial charge in [0.2, 0.25) is 5.91 Å². The zero-order chi connectivity index (χ0) is 21.3. The molecule has 1 aromatic carbocycles. The lowest BCUT2D eigenvalue weighted by Crippen LogP contribution is -2.48. The molecular weight excluding hydrogens is 420 g/mol. The van der Waals surface area contributed by atoms with Gasteiger partial charge in [0.05, 0.1) is 23.8 Å². The van der Waals surface area contributed by atoms with Crippen LogP contribution < -0.4 is 19.7 Å². The Morgan fingerprint density at radius 3 is 2.69 bits per heavy atom. The summed E-state index contributed by atoms with van der Waals surface area (Å²) in [5, 5.41) is 14.3. The standard InChI is InChI=1S/C17H20N4O6S2/c1-9-16(19-11(3)28-9)29(25,26)21-8-13(7-18-10(2)22)27-15-5-4-12(6-14(15)21)20-17(23)24/h4-6,13,20H,7-8H2,1-3H3,(H,18,22)(H,23,24)/t13-/m0/s1. The molecule has 0 fully saturated rings. The topological polar surface area (TPSA) is 138 Å². The number of carbonyl (C=O) groups is 2. The molecule has 1 aromatic heterocycles. The smallest absolute Gasteiger partial charge is 0.409 e. The molecule has 29 heavy (non-hydrogen) atoms. The molecule has 2 amide bonds. The van der Waals surface area contributed by atoms with Crippen LogP contribution in [0.3, 0.4) is 0 Å². The SMILES string of the molecule is CC(=O)NC[C@H]1CN(S(=O)(=O)c2nc(C)sc2C)c2cc(NC(=O)O)ccc2O1. The molecule has 1 aliphatic rings. The molecule has 12 heteroatoms. The van der Waals surface area contributed by atoms with Crippen LogP contribution in [0, 0.1) is 13.8 Å². The van der Waals surface area contributed by atoms with Crippen LogP contribution in [0.25, 0.3) is 0 Å². The van der Waals surface area contributed by atoms with Crippen LogP contribution in [0.2, 0.25) is 0 Å². The summed E-state index contributed by atoms with van der Waals surface area (Å²) >= 11 is 1.27. The summed E-state index contributed by atoms with van der Waals surface area (Å²) in [6, 6.07) is 4.35. The van der Waals surface area contributed by atoms with Gasteiger partial charge < -0.3 is 15.2 Å². The number of amides is 2. The van der Waals surface area contributed by atoms with Crippen molar-refractivity contribution < 1.29 is 27.9 Å². The Morgan fingerprint density at radius 2 is 2.10 bits per heavy atom. The van der Waals surface area contributed by atoms with E-state index in [4.69, 9.17) is 9.84 Å². The van der Waals surface area contributed by atoms with Crippen LogP contribution in [0.15, 0.2) is 23.2 Å². The first-order valence-corrected chi connectivity index (χ1v) is 10.9. The van der Waals surface area contributed by atoms with Crippen molar-refractivity contribution in [1.29, 1.82) is 0 Å². The van der Waals surface area contributed by atoms with E-state index in [0.717, 1.165) is 4.31 Å². The normalized spacial score (nSPS) is 16.0. The van der Waals surface area contributed by atoms with Crippen LogP contribution in [-0.4, -0.2) is 49.7 Å². The summed E-state index contributed by atoms with van der Waals surface area (Å²) in [6.45, 7) is 4.80. The Kier molecular flexibility index (Phi) is 5.66. The van der Waals surface area contributed by atoms with Crippen LogP contribution >= 0.6 is 11.3 Å². The maximum atomic E-state index is 13.4. The Hall–Kier alpha value is -2.86. The van der Waals surface area contributed by atoms with Gasteiger partial charge in [-0.2, -0.15) is 8.42 Å². The number of aryl methyl sites for hydroxylation is 2. The lowest BCUT2D eigenvalue weighted by molar-refractivity contribution is -0.119. The van der Waals surface area contributed by atoms with Crippen molar-refractivity contribution in [3.63, 3.8) is 0 Å². The number of carboxylic acid groups (broad SMARTS) is 1. The van der Waals surface area contributed by atoms with Gasteiger partial charge in [0, 0.05) is 17.5 Å². The average Bonchev–Trinajstić information content (AvgIpc) is 2.97. The number of sulfonamides is 1. The summed E-state index contributed by atoms with van der Waals surface area (Å²) in [4.78, 5) is 26.9. The maximum absolute atomic E-state index is 13.4. The summed E-state index contributed by atoms with van der Waals surface area (Å²) in [5.41, 5.74) is 0.395. The van der Waals surface area contributed by atoms with E-state index in [1.165, 1.54) is 36.5 Å². The zero-order valence-electron chi connectivity index (χ0n) is 15.9. The van der Waals surface area contributed by atoms with E-state index in [-0.39, 0.29) is 41.1 Å². The number of hydrogen-bond acceptors (Lipinski definition) is 7. The molecular formula is C17H20N4O6S2. The van der Waals surface area contributed by atoms with E-state index in [9.17, 15) is 18.0 Å². The highest BCUT2D eigenvalue weighted by molar-refractivity contribution is 7.93. The molecule has 1 atom stereocenters. The Labute approximate surface area is 171 Å². The highest BCUT2D eigenvalue weighted by Gasteiger charge is 2.37. The second kappa shape index (κ2) is 7.87. The number of hydrogen-bond donors (Lipinski definition) is 3. The molecule has 156 valence electrons. The van der Waals surface area contributed by atoms with E-state index in [2.05, 4.69) is 15.6 Å². The quantitative estimate of drug-likeness (QED) is 0.646. The summed E-state index contributed by atoms with van der Waals surface area (Å²) in [5.74, 6) is -0.00324. The minimum absolute atomic E-state index is 0.0530. The number of rotatable bonds is 5. The molecule has 0 aliphatic carbocycles. The van der Waals surface area contributed by atoms with E-state index < -0.39 is 22.2 Å². The Balaban J connectivity index is 2.06. The summed E-state index contributed by atoms with van der Waals surface area (Å²) < 4.78 is 33.8. The lowest BCUT2D eigenvalue weighted by Gasteiger charge is -2.35. The van der Waals surface area contributed by atoms with Gasteiger partial charge in [0.15, 0.2) is 5.03 Å². The molecule has 3 N–H and O–H groups in total. The third-order valence-electron chi connectivity index (χ3n) is 4.12. The fraction of sp³-hybridized carbons (Fsp3) is 0.353. The Morgan fingerprint density at radius 1 is 1.38 bits per heavy atom. The van der Waals surface area contributed by atoms with E-state index in [0.29, 0.717) is 9.88 Å².